The number of carbonyl (C=O) groups is 1. The minimum atomic E-state index is -0.832. The monoisotopic (exact) mass is 462 g/mol. The molecule has 4 aromatic rings. The summed E-state index contributed by atoms with van der Waals surface area (Å²) in [5.41, 5.74) is 2.01. The zero-order valence-electron chi connectivity index (χ0n) is 17.8. The van der Waals surface area contributed by atoms with Crippen molar-refractivity contribution in [2.24, 2.45) is 0 Å². The molecule has 0 radical (unpaired) electrons. The molecule has 0 bridgehead atoms. The molecule has 6 nitrogen and oxygen atoms in total. The standard InChI is InChI=1S/C25H17F3N4O2/c1-14-21(24-30-23(31-34-24)16-5-3-2-4-6-16)22(15-7-9-17(26)10-8-15)29-25(33)32(14)20-12-18(27)11-19(28)13-20/h2-13,22H,1H3,(H,29,33). The third-order valence-electron chi connectivity index (χ3n) is 5.48. The summed E-state index contributed by atoms with van der Waals surface area (Å²) in [7, 11) is 0. The molecular formula is C25H17F3N4O2. The zero-order chi connectivity index (χ0) is 23.8. The Hall–Kier alpha value is -4.40. The van der Waals surface area contributed by atoms with Gasteiger partial charge in [-0.3, -0.25) is 4.90 Å². The molecule has 1 aliphatic rings. The molecule has 170 valence electrons. The van der Waals surface area contributed by atoms with Gasteiger partial charge in [-0.1, -0.05) is 47.6 Å². The van der Waals surface area contributed by atoms with Crippen molar-refractivity contribution >= 4 is 17.3 Å². The molecule has 2 heterocycles. The maximum Gasteiger partial charge on any atom is 0.327 e. The summed E-state index contributed by atoms with van der Waals surface area (Å²) < 4.78 is 47.0. The van der Waals surface area contributed by atoms with E-state index < -0.39 is 29.5 Å². The number of rotatable bonds is 4. The highest BCUT2D eigenvalue weighted by molar-refractivity contribution is 6.01. The maximum atomic E-state index is 13.9. The largest absolute Gasteiger partial charge is 0.334 e. The summed E-state index contributed by atoms with van der Waals surface area (Å²) in [4.78, 5) is 18.7. The predicted octanol–water partition coefficient (Wildman–Crippen LogP) is 5.86. The molecule has 1 aliphatic heterocycles. The van der Waals surface area contributed by atoms with Gasteiger partial charge in [0, 0.05) is 17.3 Å². The summed E-state index contributed by atoms with van der Waals surface area (Å²) in [5.74, 6) is -1.67. The second kappa shape index (κ2) is 8.51. The molecule has 0 fully saturated rings. The smallest absolute Gasteiger partial charge is 0.327 e. The van der Waals surface area contributed by atoms with Gasteiger partial charge in [0.1, 0.15) is 17.5 Å². The first-order valence-corrected chi connectivity index (χ1v) is 10.3. The molecule has 0 spiro atoms. The fourth-order valence-electron chi connectivity index (χ4n) is 3.94. The van der Waals surface area contributed by atoms with Crippen LogP contribution in [0.2, 0.25) is 0 Å². The zero-order valence-corrected chi connectivity index (χ0v) is 17.8. The molecule has 0 saturated carbocycles. The predicted molar refractivity (Wildman–Crippen MR) is 119 cm³/mol. The molecule has 1 aromatic heterocycles. The van der Waals surface area contributed by atoms with Gasteiger partial charge < -0.3 is 9.84 Å². The number of amides is 2. The molecule has 5 rings (SSSR count). The Morgan fingerprint density at radius 2 is 1.59 bits per heavy atom. The first-order valence-electron chi connectivity index (χ1n) is 10.3. The normalized spacial score (nSPS) is 16.1. The van der Waals surface area contributed by atoms with Crippen LogP contribution in [-0.2, 0) is 0 Å². The van der Waals surface area contributed by atoms with E-state index in [1.165, 1.54) is 24.3 Å². The van der Waals surface area contributed by atoms with Crippen molar-refractivity contribution in [3.05, 3.63) is 107 Å². The first-order chi connectivity index (χ1) is 16.4. The highest BCUT2D eigenvalue weighted by Gasteiger charge is 2.36. The van der Waals surface area contributed by atoms with Crippen molar-refractivity contribution in [3.63, 3.8) is 0 Å². The molecule has 0 saturated heterocycles. The number of hydrogen-bond donors (Lipinski definition) is 1. The quantitative estimate of drug-likeness (QED) is 0.413. The number of nitrogens with one attached hydrogen (secondary N) is 1. The second-order valence-electron chi connectivity index (χ2n) is 7.69. The van der Waals surface area contributed by atoms with Crippen LogP contribution in [0.25, 0.3) is 17.0 Å². The van der Waals surface area contributed by atoms with Crippen molar-refractivity contribution in [1.29, 1.82) is 0 Å². The Labute approximate surface area is 192 Å². The van der Waals surface area contributed by atoms with Crippen LogP contribution < -0.4 is 10.2 Å². The lowest BCUT2D eigenvalue weighted by Crippen LogP contribution is -2.46. The number of hydrogen-bond acceptors (Lipinski definition) is 4. The Morgan fingerprint density at radius 3 is 2.26 bits per heavy atom. The average molecular weight is 462 g/mol. The minimum Gasteiger partial charge on any atom is -0.334 e. The van der Waals surface area contributed by atoms with Crippen LogP contribution in [0.5, 0.6) is 0 Å². The summed E-state index contributed by atoms with van der Waals surface area (Å²) in [6, 6.07) is 16.2. The van der Waals surface area contributed by atoms with Gasteiger partial charge in [0.25, 0.3) is 5.89 Å². The van der Waals surface area contributed by atoms with Gasteiger partial charge in [0.2, 0.25) is 5.82 Å². The molecule has 1 atom stereocenters. The number of carbonyl (C=O) groups excluding carboxylic acids is 1. The Bertz CT molecular complexity index is 1380. The molecular weight excluding hydrogens is 445 g/mol. The van der Waals surface area contributed by atoms with Gasteiger partial charge in [-0.05, 0) is 36.8 Å². The van der Waals surface area contributed by atoms with E-state index >= 15 is 0 Å². The molecule has 34 heavy (non-hydrogen) atoms. The van der Waals surface area contributed by atoms with Crippen molar-refractivity contribution < 1.29 is 22.5 Å². The van der Waals surface area contributed by atoms with Crippen LogP contribution in [0.1, 0.15) is 24.4 Å². The fraction of sp³-hybridized carbons (Fsp3) is 0.0800. The Morgan fingerprint density at radius 1 is 0.912 bits per heavy atom. The lowest BCUT2D eigenvalue weighted by molar-refractivity contribution is 0.244. The van der Waals surface area contributed by atoms with Crippen molar-refractivity contribution in [1.82, 2.24) is 15.5 Å². The summed E-state index contributed by atoms with van der Waals surface area (Å²) >= 11 is 0. The fourth-order valence-corrected chi connectivity index (χ4v) is 3.94. The van der Waals surface area contributed by atoms with Gasteiger partial charge in [-0.15, -0.1) is 0 Å². The Kier molecular flexibility index (Phi) is 5.37. The molecule has 2 amide bonds. The molecule has 0 aliphatic carbocycles. The van der Waals surface area contributed by atoms with Gasteiger partial charge in [0.05, 0.1) is 17.3 Å². The number of benzene rings is 3. The highest BCUT2D eigenvalue weighted by Crippen LogP contribution is 2.39. The van der Waals surface area contributed by atoms with Gasteiger partial charge in [-0.25, -0.2) is 18.0 Å². The number of halogens is 3. The number of nitrogens with zero attached hydrogens (tertiary/aromatic N) is 3. The van der Waals surface area contributed by atoms with Crippen molar-refractivity contribution in [2.75, 3.05) is 4.90 Å². The first kappa shape index (κ1) is 21.4. The van der Waals surface area contributed by atoms with E-state index in [1.807, 2.05) is 30.3 Å². The van der Waals surface area contributed by atoms with E-state index in [4.69, 9.17) is 4.52 Å². The second-order valence-corrected chi connectivity index (χ2v) is 7.69. The molecule has 1 unspecified atom stereocenters. The number of urea groups is 1. The Balaban J connectivity index is 1.67. The van der Waals surface area contributed by atoms with E-state index in [1.54, 1.807) is 6.92 Å². The summed E-state index contributed by atoms with van der Waals surface area (Å²) in [6.45, 7) is 1.61. The van der Waals surface area contributed by atoms with Crippen molar-refractivity contribution in [3.8, 4) is 11.4 Å². The number of allylic oxidation sites excluding steroid dienone is 1. The average Bonchev–Trinajstić information content (AvgIpc) is 3.29. The lowest BCUT2D eigenvalue weighted by Gasteiger charge is -2.35. The molecule has 9 heteroatoms. The van der Waals surface area contributed by atoms with E-state index in [0.717, 1.165) is 28.7 Å². The van der Waals surface area contributed by atoms with E-state index in [0.29, 0.717) is 22.7 Å². The number of anilines is 1. The van der Waals surface area contributed by atoms with Crippen LogP contribution in [0, 0.1) is 17.5 Å². The van der Waals surface area contributed by atoms with Gasteiger partial charge in [0.15, 0.2) is 0 Å². The molecule has 3 aromatic carbocycles. The minimum absolute atomic E-state index is 0.00893. The lowest BCUT2D eigenvalue weighted by atomic mass is 9.94. The van der Waals surface area contributed by atoms with E-state index in [2.05, 4.69) is 15.5 Å². The van der Waals surface area contributed by atoms with Crippen molar-refractivity contribution in [2.45, 2.75) is 13.0 Å². The van der Waals surface area contributed by atoms with E-state index in [-0.39, 0.29) is 11.6 Å². The highest BCUT2D eigenvalue weighted by atomic mass is 19.1. The van der Waals surface area contributed by atoms with Gasteiger partial charge >= 0.3 is 6.03 Å². The van der Waals surface area contributed by atoms with Crippen LogP contribution in [0.15, 0.2) is 83.0 Å². The van der Waals surface area contributed by atoms with Crippen LogP contribution in [0.4, 0.5) is 23.7 Å². The third kappa shape index (κ3) is 3.92. The van der Waals surface area contributed by atoms with Gasteiger partial charge in [-0.2, -0.15) is 4.98 Å². The van der Waals surface area contributed by atoms with Crippen LogP contribution in [-0.4, -0.2) is 16.2 Å². The van der Waals surface area contributed by atoms with Crippen LogP contribution >= 0.6 is 0 Å². The van der Waals surface area contributed by atoms with Crippen LogP contribution in [0.3, 0.4) is 0 Å². The topological polar surface area (TPSA) is 71.3 Å². The molecule has 1 N–H and O–H groups in total. The number of aromatic nitrogens is 2. The third-order valence-corrected chi connectivity index (χ3v) is 5.48. The SMILES string of the molecule is CC1=C(c2nc(-c3ccccc3)no2)C(c2ccc(F)cc2)NC(=O)N1c1cc(F)cc(F)c1. The summed E-state index contributed by atoms with van der Waals surface area (Å²) in [5, 5.41) is 6.85. The van der Waals surface area contributed by atoms with E-state index in [9.17, 15) is 18.0 Å². The summed E-state index contributed by atoms with van der Waals surface area (Å²) in [6.07, 6.45) is 0. The maximum absolute atomic E-state index is 13.9.